The Labute approximate surface area is 117 Å². The number of fused-ring (bicyclic) bond motifs is 1. The Morgan fingerprint density at radius 3 is 2.85 bits per heavy atom. The number of aromatic nitrogens is 1. The van der Waals surface area contributed by atoms with E-state index in [-0.39, 0.29) is 5.91 Å². The molecule has 5 heteroatoms. The minimum Gasteiger partial charge on any atom is -0.480 e. The van der Waals surface area contributed by atoms with Crippen LogP contribution in [0.25, 0.3) is 10.9 Å². The number of aliphatic carboxylic acids is 1. The molecule has 0 fully saturated rings. The monoisotopic (exact) mass is 274 g/mol. The van der Waals surface area contributed by atoms with Crippen molar-refractivity contribution in [2.24, 2.45) is 0 Å². The fraction of sp³-hybridized carbons (Fsp3) is 0.333. The molecule has 1 unspecified atom stereocenters. The van der Waals surface area contributed by atoms with Crippen molar-refractivity contribution in [3.05, 3.63) is 36.0 Å². The molecule has 0 spiro atoms. The molecule has 0 saturated carbocycles. The number of nitrogens with one attached hydrogen (secondary N) is 2. The lowest BCUT2D eigenvalue weighted by Crippen LogP contribution is -2.40. The van der Waals surface area contributed by atoms with Gasteiger partial charge in [0.2, 0.25) is 0 Å². The standard InChI is InChI=1S/C15H18N2O3/c1-2-3-4-12(15(19)20)17-14(18)11-6-5-10-7-8-16-13(10)9-11/h5-9,12,16H,2-4H2,1H3,(H,17,18)(H,19,20). The maximum absolute atomic E-state index is 12.1. The molecule has 0 aliphatic rings. The molecule has 0 radical (unpaired) electrons. The second-order valence-corrected chi connectivity index (χ2v) is 4.79. The van der Waals surface area contributed by atoms with E-state index in [1.54, 1.807) is 18.3 Å². The molecule has 0 bridgehead atoms. The molecule has 1 amide bonds. The zero-order valence-electron chi connectivity index (χ0n) is 11.3. The third-order valence-corrected chi connectivity index (χ3v) is 3.27. The van der Waals surface area contributed by atoms with E-state index < -0.39 is 12.0 Å². The number of H-pyrrole nitrogens is 1. The SMILES string of the molecule is CCCCC(NC(=O)c1ccc2cc[nH]c2c1)C(=O)O. The van der Waals surface area contributed by atoms with Gasteiger partial charge < -0.3 is 15.4 Å². The van der Waals surface area contributed by atoms with E-state index >= 15 is 0 Å². The van der Waals surface area contributed by atoms with E-state index in [1.807, 2.05) is 19.1 Å². The number of carbonyl (C=O) groups is 2. The number of amides is 1. The van der Waals surface area contributed by atoms with Crippen LogP contribution >= 0.6 is 0 Å². The summed E-state index contributed by atoms with van der Waals surface area (Å²) in [6, 6.07) is 6.34. The van der Waals surface area contributed by atoms with Crippen molar-refractivity contribution in [1.82, 2.24) is 10.3 Å². The quantitative estimate of drug-likeness (QED) is 0.757. The van der Waals surface area contributed by atoms with E-state index in [0.717, 1.165) is 23.7 Å². The van der Waals surface area contributed by atoms with E-state index in [0.29, 0.717) is 12.0 Å². The Balaban J connectivity index is 2.10. The van der Waals surface area contributed by atoms with E-state index in [4.69, 9.17) is 5.11 Å². The van der Waals surface area contributed by atoms with Gasteiger partial charge in [-0.05, 0) is 30.0 Å². The average molecular weight is 274 g/mol. The van der Waals surface area contributed by atoms with Crippen LogP contribution in [0.4, 0.5) is 0 Å². The summed E-state index contributed by atoms with van der Waals surface area (Å²) in [7, 11) is 0. The van der Waals surface area contributed by atoms with E-state index in [1.165, 1.54) is 0 Å². The van der Waals surface area contributed by atoms with Crippen LogP contribution in [0.15, 0.2) is 30.5 Å². The largest absolute Gasteiger partial charge is 0.480 e. The van der Waals surface area contributed by atoms with Crippen LogP contribution in [-0.4, -0.2) is 28.0 Å². The Morgan fingerprint density at radius 2 is 2.15 bits per heavy atom. The van der Waals surface area contributed by atoms with Gasteiger partial charge in [0, 0.05) is 17.3 Å². The molecular formula is C15H18N2O3. The summed E-state index contributed by atoms with van der Waals surface area (Å²) in [5.74, 6) is -1.35. The lowest BCUT2D eigenvalue weighted by Gasteiger charge is -2.14. The summed E-state index contributed by atoms with van der Waals surface area (Å²) in [5.41, 5.74) is 1.32. The number of carboxylic acids is 1. The second-order valence-electron chi connectivity index (χ2n) is 4.79. The Hall–Kier alpha value is -2.30. The predicted molar refractivity (Wildman–Crippen MR) is 76.7 cm³/mol. The molecule has 1 atom stereocenters. The molecule has 20 heavy (non-hydrogen) atoms. The third-order valence-electron chi connectivity index (χ3n) is 3.27. The second kappa shape index (κ2) is 6.23. The van der Waals surface area contributed by atoms with Crippen LogP contribution in [-0.2, 0) is 4.79 Å². The Bertz CT molecular complexity index is 618. The van der Waals surface area contributed by atoms with Crippen LogP contribution < -0.4 is 5.32 Å². The lowest BCUT2D eigenvalue weighted by atomic mass is 10.1. The first-order valence-corrected chi connectivity index (χ1v) is 6.72. The van der Waals surface area contributed by atoms with E-state index in [9.17, 15) is 9.59 Å². The first-order chi connectivity index (χ1) is 9.61. The molecule has 2 aromatic rings. The smallest absolute Gasteiger partial charge is 0.326 e. The summed E-state index contributed by atoms with van der Waals surface area (Å²) in [6.07, 6.45) is 3.91. The highest BCUT2D eigenvalue weighted by atomic mass is 16.4. The summed E-state index contributed by atoms with van der Waals surface area (Å²) >= 11 is 0. The molecule has 1 aromatic heterocycles. The van der Waals surface area contributed by atoms with Crippen molar-refractivity contribution in [2.75, 3.05) is 0 Å². The van der Waals surface area contributed by atoms with Crippen LogP contribution in [0.3, 0.4) is 0 Å². The van der Waals surface area contributed by atoms with Crippen LogP contribution in [0.1, 0.15) is 36.5 Å². The molecule has 1 heterocycles. The van der Waals surface area contributed by atoms with Gasteiger partial charge in [0.15, 0.2) is 0 Å². The number of hydrogen-bond donors (Lipinski definition) is 3. The molecule has 0 aliphatic heterocycles. The molecule has 0 saturated heterocycles. The van der Waals surface area contributed by atoms with Gasteiger partial charge in [-0.25, -0.2) is 4.79 Å². The van der Waals surface area contributed by atoms with Gasteiger partial charge in [-0.15, -0.1) is 0 Å². The molecular weight excluding hydrogens is 256 g/mol. The van der Waals surface area contributed by atoms with Gasteiger partial charge in [-0.3, -0.25) is 4.79 Å². The molecule has 0 aliphatic carbocycles. The molecule has 2 rings (SSSR count). The lowest BCUT2D eigenvalue weighted by molar-refractivity contribution is -0.139. The number of aromatic amines is 1. The summed E-state index contributed by atoms with van der Waals surface area (Å²) in [5, 5.41) is 12.7. The number of hydrogen-bond acceptors (Lipinski definition) is 2. The highest BCUT2D eigenvalue weighted by Crippen LogP contribution is 2.14. The molecule has 106 valence electrons. The highest BCUT2D eigenvalue weighted by Gasteiger charge is 2.20. The minimum atomic E-state index is -0.993. The number of carbonyl (C=O) groups excluding carboxylic acids is 1. The third kappa shape index (κ3) is 3.17. The van der Waals surface area contributed by atoms with Crippen molar-refractivity contribution in [1.29, 1.82) is 0 Å². The highest BCUT2D eigenvalue weighted by molar-refractivity contribution is 5.99. The van der Waals surface area contributed by atoms with Gasteiger partial charge in [0.1, 0.15) is 6.04 Å². The summed E-state index contributed by atoms with van der Waals surface area (Å²) in [4.78, 5) is 26.3. The summed E-state index contributed by atoms with van der Waals surface area (Å²) < 4.78 is 0. The Kier molecular flexibility index (Phi) is 4.40. The van der Waals surface area contributed by atoms with Crippen molar-refractivity contribution in [3.63, 3.8) is 0 Å². The fourth-order valence-electron chi connectivity index (χ4n) is 2.10. The van der Waals surface area contributed by atoms with Crippen LogP contribution in [0, 0.1) is 0 Å². The number of rotatable bonds is 6. The normalized spacial score (nSPS) is 12.2. The molecule has 5 nitrogen and oxygen atoms in total. The number of unbranched alkanes of at least 4 members (excludes halogenated alkanes) is 1. The van der Waals surface area contributed by atoms with Gasteiger partial charge in [0.05, 0.1) is 0 Å². The van der Waals surface area contributed by atoms with Gasteiger partial charge in [-0.2, -0.15) is 0 Å². The van der Waals surface area contributed by atoms with Crippen molar-refractivity contribution < 1.29 is 14.7 Å². The Morgan fingerprint density at radius 1 is 1.35 bits per heavy atom. The van der Waals surface area contributed by atoms with Gasteiger partial charge in [0.25, 0.3) is 5.91 Å². The van der Waals surface area contributed by atoms with Gasteiger partial charge in [-0.1, -0.05) is 25.8 Å². The topological polar surface area (TPSA) is 82.2 Å². The van der Waals surface area contributed by atoms with Gasteiger partial charge >= 0.3 is 5.97 Å². The first kappa shape index (κ1) is 14.1. The predicted octanol–water partition coefficient (Wildman–Crippen LogP) is 2.54. The van der Waals surface area contributed by atoms with E-state index in [2.05, 4.69) is 10.3 Å². The van der Waals surface area contributed by atoms with Crippen molar-refractivity contribution >= 4 is 22.8 Å². The maximum atomic E-state index is 12.1. The maximum Gasteiger partial charge on any atom is 0.326 e. The van der Waals surface area contributed by atoms with Crippen LogP contribution in [0.2, 0.25) is 0 Å². The number of benzene rings is 1. The molecule has 1 aromatic carbocycles. The van der Waals surface area contributed by atoms with Crippen molar-refractivity contribution in [3.8, 4) is 0 Å². The summed E-state index contributed by atoms with van der Waals surface area (Å²) in [6.45, 7) is 1.99. The average Bonchev–Trinajstić information content (AvgIpc) is 2.90. The molecule has 3 N–H and O–H groups in total. The number of carboxylic acid groups (broad SMARTS) is 1. The van der Waals surface area contributed by atoms with Crippen LogP contribution in [0.5, 0.6) is 0 Å². The first-order valence-electron chi connectivity index (χ1n) is 6.72. The fourth-order valence-corrected chi connectivity index (χ4v) is 2.10. The minimum absolute atomic E-state index is 0.356. The zero-order valence-corrected chi connectivity index (χ0v) is 11.3. The zero-order chi connectivity index (χ0) is 14.5. The van der Waals surface area contributed by atoms with Crippen molar-refractivity contribution in [2.45, 2.75) is 32.2 Å².